The third-order valence-corrected chi connectivity index (χ3v) is 10.5. The van der Waals surface area contributed by atoms with Gasteiger partial charge in [-0.05, 0) is 55.4 Å². The highest BCUT2D eigenvalue weighted by atomic mass is 32.2. The molecule has 0 unspecified atom stereocenters. The quantitative estimate of drug-likeness (QED) is 0.283. The largest absolute Gasteiger partial charge is 0.353 e. The molecule has 46 heavy (non-hydrogen) atoms. The summed E-state index contributed by atoms with van der Waals surface area (Å²) in [6, 6.07) is 20.6. The fourth-order valence-corrected chi connectivity index (χ4v) is 7.51. The van der Waals surface area contributed by atoms with Gasteiger partial charge in [-0.2, -0.15) is 15.3 Å². The van der Waals surface area contributed by atoms with Crippen molar-refractivity contribution in [2.24, 2.45) is 7.05 Å². The molecule has 3 heterocycles. The normalized spacial score (nSPS) is 19.3. The number of nitrogens with zero attached hydrogens (tertiary/aromatic N) is 7. The standard InChI is InChI=1S/C34H38N8O3S/c1-40-24-28(23-37-40)26-8-12-30(13-9-26)42(32(43)16-7-25-5-3-2-4-6-25)31-14-10-29(11-15-31)38-34-36-22-27(21-35)33(39-34)41-17-19-46(44,45)20-18-41/h2-6,8-9,12-13,22-24,29,31H,7,10-11,14-20H2,1H3,(H,36,38,39). The Hall–Kier alpha value is -4.76. The minimum absolute atomic E-state index is 0.0431. The van der Waals surface area contributed by atoms with Gasteiger partial charge >= 0.3 is 0 Å². The molecule has 238 valence electrons. The van der Waals surface area contributed by atoms with Crippen molar-refractivity contribution in [1.29, 1.82) is 5.26 Å². The Balaban J connectivity index is 1.15. The second-order valence-corrected chi connectivity index (χ2v) is 14.3. The molecule has 2 fully saturated rings. The molecule has 1 N–H and O–H groups in total. The molecular weight excluding hydrogens is 600 g/mol. The van der Waals surface area contributed by atoms with Crippen molar-refractivity contribution >= 4 is 33.2 Å². The first-order valence-corrected chi connectivity index (χ1v) is 17.5. The van der Waals surface area contributed by atoms with Crippen LogP contribution in [0.2, 0.25) is 0 Å². The highest BCUT2D eigenvalue weighted by Crippen LogP contribution is 2.32. The van der Waals surface area contributed by atoms with Gasteiger partial charge in [0.15, 0.2) is 15.7 Å². The molecule has 6 rings (SSSR count). The van der Waals surface area contributed by atoms with Gasteiger partial charge in [-0.25, -0.2) is 13.4 Å². The second-order valence-electron chi connectivity index (χ2n) is 12.0. The maximum atomic E-state index is 13.8. The number of hydrogen-bond donors (Lipinski definition) is 1. The summed E-state index contributed by atoms with van der Waals surface area (Å²) in [6.07, 6.45) is 9.69. The maximum Gasteiger partial charge on any atom is 0.227 e. The van der Waals surface area contributed by atoms with E-state index in [2.05, 4.69) is 50.7 Å². The monoisotopic (exact) mass is 638 g/mol. The molecule has 12 heteroatoms. The SMILES string of the molecule is Cn1cc(-c2ccc(N(C(=O)CCc3ccccc3)C3CCC(Nc4ncc(C#N)c(N5CCS(=O)(=O)CC5)n4)CC3)cc2)cn1. The zero-order valence-electron chi connectivity index (χ0n) is 25.9. The van der Waals surface area contributed by atoms with Crippen LogP contribution in [0.4, 0.5) is 17.5 Å². The molecule has 1 saturated carbocycles. The smallest absolute Gasteiger partial charge is 0.227 e. The van der Waals surface area contributed by atoms with Crippen LogP contribution in [-0.2, 0) is 28.1 Å². The van der Waals surface area contributed by atoms with Gasteiger partial charge in [0.05, 0.1) is 23.9 Å². The maximum absolute atomic E-state index is 13.8. The summed E-state index contributed by atoms with van der Waals surface area (Å²) in [6.45, 7) is 0.603. The van der Waals surface area contributed by atoms with E-state index in [1.165, 1.54) is 6.20 Å². The van der Waals surface area contributed by atoms with Gasteiger partial charge in [0.25, 0.3) is 0 Å². The first-order chi connectivity index (χ1) is 22.3. The Labute approximate surface area is 269 Å². The van der Waals surface area contributed by atoms with Crippen molar-refractivity contribution < 1.29 is 13.2 Å². The number of aryl methyl sites for hydroxylation is 2. The van der Waals surface area contributed by atoms with Crippen molar-refractivity contribution in [3.8, 4) is 17.2 Å². The number of nitrogens with one attached hydrogen (secondary N) is 1. The zero-order chi connectivity index (χ0) is 32.1. The topological polar surface area (TPSA) is 137 Å². The first-order valence-electron chi connectivity index (χ1n) is 15.7. The van der Waals surface area contributed by atoms with Crippen molar-refractivity contribution in [2.75, 3.05) is 39.7 Å². The molecule has 2 aromatic heterocycles. The van der Waals surface area contributed by atoms with Gasteiger partial charge in [-0.3, -0.25) is 9.48 Å². The van der Waals surface area contributed by atoms with E-state index in [4.69, 9.17) is 0 Å². The predicted octanol–water partition coefficient (Wildman–Crippen LogP) is 4.37. The summed E-state index contributed by atoms with van der Waals surface area (Å²) in [5, 5.41) is 17.4. The van der Waals surface area contributed by atoms with E-state index in [-0.39, 0.29) is 29.5 Å². The van der Waals surface area contributed by atoms with Gasteiger partial charge in [0.2, 0.25) is 11.9 Å². The van der Waals surface area contributed by atoms with E-state index in [0.29, 0.717) is 43.3 Å². The lowest BCUT2D eigenvalue weighted by atomic mass is 9.89. The fourth-order valence-electron chi connectivity index (χ4n) is 6.31. The Bertz CT molecular complexity index is 1800. The number of amides is 1. The lowest BCUT2D eigenvalue weighted by molar-refractivity contribution is -0.119. The number of sulfone groups is 1. The van der Waals surface area contributed by atoms with Crippen LogP contribution in [0.5, 0.6) is 0 Å². The number of rotatable bonds is 9. The van der Waals surface area contributed by atoms with E-state index >= 15 is 0 Å². The van der Waals surface area contributed by atoms with Crippen LogP contribution in [-0.4, -0.2) is 70.8 Å². The molecule has 2 aromatic carbocycles. The van der Waals surface area contributed by atoms with Gasteiger partial charge in [0.1, 0.15) is 11.6 Å². The van der Waals surface area contributed by atoms with E-state index in [1.807, 2.05) is 59.6 Å². The fraction of sp³-hybridized carbons (Fsp3) is 0.382. The number of carbonyl (C=O) groups is 1. The number of carbonyl (C=O) groups excluding carboxylic acids is 1. The van der Waals surface area contributed by atoms with Gasteiger partial charge in [-0.1, -0.05) is 42.5 Å². The lowest BCUT2D eigenvalue weighted by Gasteiger charge is -2.37. The minimum atomic E-state index is -3.06. The summed E-state index contributed by atoms with van der Waals surface area (Å²) in [4.78, 5) is 26.7. The number of nitriles is 1. The van der Waals surface area contributed by atoms with Crippen LogP contribution in [0.25, 0.3) is 11.1 Å². The number of hydrogen-bond acceptors (Lipinski definition) is 9. The molecule has 4 aromatic rings. The Kier molecular flexibility index (Phi) is 9.30. The minimum Gasteiger partial charge on any atom is -0.353 e. The number of anilines is 3. The Morgan fingerprint density at radius 1 is 1.00 bits per heavy atom. The molecule has 0 atom stereocenters. The highest BCUT2D eigenvalue weighted by molar-refractivity contribution is 7.91. The molecule has 0 bridgehead atoms. The van der Waals surface area contributed by atoms with Gasteiger partial charge in [0, 0.05) is 56.1 Å². The zero-order valence-corrected chi connectivity index (χ0v) is 26.7. The van der Waals surface area contributed by atoms with Crippen LogP contribution < -0.4 is 15.1 Å². The molecule has 0 spiro atoms. The summed E-state index contributed by atoms with van der Waals surface area (Å²) in [5.74, 6) is 1.09. The average molecular weight is 639 g/mol. The van der Waals surface area contributed by atoms with Crippen molar-refractivity contribution in [3.05, 3.63) is 84.3 Å². The van der Waals surface area contributed by atoms with Crippen LogP contribution in [0, 0.1) is 11.3 Å². The van der Waals surface area contributed by atoms with E-state index in [9.17, 15) is 18.5 Å². The molecule has 1 aliphatic heterocycles. The van der Waals surface area contributed by atoms with Crippen LogP contribution in [0.3, 0.4) is 0 Å². The third kappa shape index (κ3) is 7.37. The predicted molar refractivity (Wildman–Crippen MR) is 178 cm³/mol. The molecule has 11 nitrogen and oxygen atoms in total. The average Bonchev–Trinajstić information content (AvgIpc) is 3.51. The number of benzene rings is 2. The summed E-state index contributed by atoms with van der Waals surface area (Å²) in [5.41, 5.74) is 4.44. The molecular formula is C34H38N8O3S. The van der Waals surface area contributed by atoms with Crippen molar-refractivity contribution in [3.63, 3.8) is 0 Å². The molecule has 1 aliphatic carbocycles. The van der Waals surface area contributed by atoms with E-state index in [1.54, 1.807) is 4.68 Å². The first kappa shape index (κ1) is 31.2. The lowest BCUT2D eigenvalue weighted by Crippen LogP contribution is -2.44. The van der Waals surface area contributed by atoms with Crippen LogP contribution >= 0.6 is 0 Å². The summed E-state index contributed by atoms with van der Waals surface area (Å²) < 4.78 is 25.6. The third-order valence-electron chi connectivity index (χ3n) is 8.85. The summed E-state index contributed by atoms with van der Waals surface area (Å²) >= 11 is 0. The second kappa shape index (κ2) is 13.7. The van der Waals surface area contributed by atoms with Gasteiger partial charge < -0.3 is 15.1 Å². The molecule has 0 radical (unpaired) electrons. The van der Waals surface area contributed by atoms with Gasteiger partial charge in [-0.15, -0.1) is 0 Å². The number of aromatic nitrogens is 4. The Morgan fingerprint density at radius 3 is 2.37 bits per heavy atom. The van der Waals surface area contributed by atoms with E-state index < -0.39 is 9.84 Å². The van der Waals surface area contributed by atoms with Crippen molar-refractivity contribution in [1.82, 2.24) is 19.7 Å². The summed E-state index contributed by atoms with van der Waals surface area (Å²) in [7, 11) is -1.17. The molecule has 1 amide bonds. The van der Waals surface area contributed by atoms with Crippen LogP contribution in [0.1, 0.15) is 43.2 Å². The van der Waals surface area contributed by atoms with E-state index in [0.717, 1.165) is 48.1 Å². The Morgan fingerprint density at radius 2 is 1.72 bits per heavy atom. The molecule has 2 aliphatic rings. The van der Waals surface area contributed by atoms with Crippen molar-refractivity contribution in [2.45, 2.75) is 50.6 Å². The highest BCUT2D eigenvalue weighted by Gasteiger charge is 2.31. The van der Waals surface area contributed by atoms with Crippen LogP contribution in [0.15, 0.2) is 73.2 Å². The molecule has 1 saturated heterocycles.